The molecular formula is C8H6Br2F2O2. The van der Waals surface area contributed by atoms with Crippen LogP contribution < -0.4 is 4.74 Å². The predicted octanol–water partition coefficient (Wildman–Crippen LogP) is 3.31. The minimum atomic E-state index is -2.86. The standard InChI is InChI=1S/C8H6Br2F2O2/c9-6-4(3-13)1-2-5(7(6)10)14-8(11)12/h1-2,8,13H,3H2. The Balaban J connectivity index is 3.04. The maximum absolute atomic E-state index is 11.9. The van der Waals surface area contributed by atoms with Gasteiger partial charge in [-0.05, 0) is 43.5 Å². The zero-order valence-corrected chi connectivity index (χ0v) is 9.98. The highest BCUT2D eigenvalue weighted by molar-refractivity contribution is 9.13. The summed E-state index contributed by atoms with van der Waals surface area (Å²) < 4.78 is 28.9. The van der Waals surface area contributed by atoms with E-state index in [1.165, 1.54) is 12.1 Å². The van der Waals surface area contributed by atoms with Gasteiger partial charge >= 0.3 is 6.61 Å². The molecule has 2 nitrogen and oxygen atoms in total. The fourth-order valence-corrected chi connectivity index (χ4v) is 1.81. The Labute approximate surface area is 96.1 Å². The molecule has 0 saturated heterocycles. The molecule has 6 heteroatoms. The van der Waals surface area contributed by atoms with E-state index in [2.05, 4.69) is 36.6 Å². The molecule has 0 aliphatic heterocycles. The summed E-state index contributed by atoms with van der Waals surface area (Å²) in [7, 11) is 0. The molecule has 0 aliphatic rings. The second kappa shape index (κ2) is 5.04. The monoisotopic (exact) mass is 330 g/mol. The van der Waals surface area contributed by atoms with Gasteiger partial charge in [0.2, 0.25) is 0 Å². The lowest BCUT2D eigenvalue weighted by atomic mass is 10.2. The van der Waals surface area contributed by atoms with E-state index in [9.17, 15) is 8.78 Å². The van der Waals surface area contributed by atoms with Gasteiger partial charge in [0, 0.05) is 4.47 Å². The Morgan fingerprint density at radius 3 is 2.43 bits per heavy atom. The summed E-state index contributed by atoms with van der Waals surface area (Å²) in [5.74, 6) is 0.0316. The van der Waals surface area contributed by atoms with Crippen LogP contribution in [-0.2, 0) is 6.61 Å². The van der Waals surface area contributed by atoms with Crippen LogP contribution in [0.15, 0.2) is 21.1 Å². The van der Waals surface area contributed by atoms with Crippen LogP contribution in [0, 0.1) is 0 Å². The zero-order valence-electron chi connectivity index (χ0n) is 6.81. The average molecular weight is 332 g/mol. The van der Waals surface area contributed by atoms with Crippen molar-refractivity contribution < 1.29 is 18.6 Å². The summed E-state index contributed by atoms with van der Waals surface area (Å²) in [5, 5.41) is 8.88. The van der Waals surface area contributed by atoms with Crippen molar-refractivity contribution in [1.82, 2.24) is 0 Å². The van der Waals surface area contributed by atoms with Crippen LogP contribution in [0.25, 0.3) is 0 Å². The minimum absolute atomic E-state index is 0.0316. The first-order valence-corrected chi connectivity index (χ1v) is 5.17. The lowest BCUT2D eigenvalue weighted by Gasteiger charge is -2.10. The minimum Gasteiger partial charge on any atom is -0.434 e. The third-order valence-electron chi connectivity index (χ3n) is 1.51. The first kappa shape index (κ1) is 11.9. The third-order valence-corrected chi connectivity index (χ3v) is 3.74. The number of aliphatic hydroxyl groups excluding tert-OH is 1. The van der Waals surface area contributed by atoms with E-state index in [-0.39, 0.29) is 12.4 Å². The molecule has 0 aliphatic carbocycles. The average Bonchev–Trinajstić information content (AvgIpc) is 2.13. The topological polar surface area (TPSA) is 29.5 Å². The van der Waals surface area contributed by atoms with E-state index < -0.39 is 6.61 Å². The van der Waals surface area contributed by atoms with Gasteiger partial charge in [0.1, 0.15) is 5.75 Å². The number of benzene rings is 1. The number of hydrogen-bond acceptors (Lipinski definition) is 2. The molecule has 0 spiro atoms. The molecule has 0 heterocycles. The highest BCUT2D eigenvalue weighted by Gasteiger charge is 2.12. The second-order valence-corrected chi connectivity index (χ2v) is 3.97. The van der Waals surface area contributed by atoms with Crippen molar-refractivity contribution in [1.29, 1.82) is 0 Å². The van der Waals surface area contributed by atoms with Gasteiger partial charge < -0.3 is 9.84 Å². The largest absolute Gasteiger partial charge is 0.434 e. The molecule has 1 aromatic carbocycles. The van der Waals surface area contributed by atoms with Gasteiger partial charge in [-0.2, -0.15) is 8.78 Å². The fraction of sp³-hybridized carbons (Fsp3) is 0.250. The molecule has 78 valence electrons. The molecule has 0 saturated carbocycles. The van der Waals surface area contributed by atoms with Crippen molar-refractivity contribution in [3.8, 4) is 5.75 Å². The van der Waals surface area contributed by atoms with Crippen molar-refractivity contribution in [3.05, 3.63) is 26.6 Å². The number of aliphatic hydroxyl groups is 1. The van der Waals surface area contributed by atoms with Crippen LogP contribution in [0.4, 0.5) is 8.78 Å². The van der Waals surface area contributed by atoms with Crippen LogP contribution in [0.1, 0.15) is 5.56 Å². The molecule has 0 aromatic heterocycles. The van der Waals surface area contributed by atoms with Crippen molar-refractivity contribution >= 4 is 31.9 Å². The van der Waals surface area contributed by atoms with Gasteiger partial charge in [0.25, 0.3) is 0 Å². The smallest absolute Gasteiger partial charge is 0.387 e. The van der Waals surface area contributed by atoms with E-state index >= 15 is 0 Å². The summed E-state index contributed by atoms with van der Waals surface area (Å²) >= 11 is 6.23. The summed E-state index contributed by atoms with van der Waals surface area (Å²) in [5.41, 5.74) is 0.596. The Morgan fingerprint density at radius 1 is 1.29 bits per heavy atom. The SMILES string of the molecule is OCc1ccc(OC(F)F)c(Br)c1Br. The molecule has 14 heavy (non-hydrogen) atoms. The van der Waals surface area contributed by atoms with Crippen LogP contribution >= 0.6 is 31.9 Å². The molecule has 0 fully saturated rings. The Hall–Kier alpha value is -0.200. The lowest BCUT2D eigenvalue weighted by Crippen LogP contribution is -2.03. The van der Waals surface area contributed by atoms with E-state index in [0.29, 0.717) is 14.5 Å². The number of rotatable bonds is 3. The van der Waals surface area contributed by atoms with Crippen molar-refractivity contribution in [2.45, 2.75) is 13.2 Å². The van der Waals surface area contributed by atoms with Crippen molar-refractivity contribution in [2.75, 3.05) is 0 Å². The molecule has 1 N–H and O–H groups in total. The van der Waals surface area contributed by atoms with E-state index in [0.717, 1.165) is 0 Å². The van der Waals surface area contributed by atoms with Gasteiger partial charge in [0.05, 0.1) is 11.1 Å². The normalized spacial score (nSPS) is 10.7. The molecule has 0 atom stereocenters. The fourth-order valence-electron chi connectivity index (χ4n) is 0.881. The van der Waals surface area contributed by atoms with Gasteiger partial charge in [0.15, 0.2) is 0 Å². The number of halogens is 4. The number of ether oxygens (including phenoxy) is 1. The predicted molar refractivity (Wildman–Crippen MR) is 54.4 cm³/mol. The summed E-state index contributed by atoms with van der Waals surface area (Å²) in [6.45, 7) is -3.04. The van der Waals surface area contributed by atoms with Crippen LogP contribution in [0.2, 0.25) is 0 Å². The summed E-state index contributed by atoms with van der Waals surface area (Å²) in [6.07, 6.45) is 0. The van der Waals surface area contributed by atoms with Gasteiger partial charge in [-0.15, -0.1) is 0 Å². The van der Waals surface area contributed by atoms with E-state index in [1.807, 2.05) is 0 Å². The van der Waals surface area contributed by atoms with Crippen molar-refractivity contribution in [2.24, 2.45) is 0 Å². The van der Waals surface area contributed by atoms with Gasteiger partial charge in [-0.1, -0.05) is 6.07 Å². The molecule has 0 unspecified atom stereocenters. The highest BCUT2D eigenvalue weighted by Crippen LogP contribution is 2.35. The maximum Gasteiger partial charge on any atom is 0.387 e. The van der Waals surface area contributed by atoms with Crippen LogP contribution in [0.3, 0.4) is 0 Å². The highest BCUT2D eigenvalue weighted by atomic mass is 79.9. The molecule has 1 aromatic rings. The van der Waals surface area contributed by atoms with E-state index in [4.69, 9.17) is 5.11 Å². The zero-order chi connectivity index (χ0) is 10.7. The molecule has 0 amide bonds. The lowest BCUT2D eigenvalue weighted by molar-refractivity contribution is -0.0504. The Bertz CT molecular complexity index is 331. The van der Waals surface area contributed by atoms with Gasteiger partial charge in [-0.3, -0.25) is 0 Å². The Morgan fingerprint density at radius 2 is 1.93 bits per heavy atom. The molecule has 1 rings (SSSR count). The van der Waals surface area contributed by atoms with Crippen molar-refractivity contribution in [3.63, 3.8) is 0 Å². The van der Waals surface area contributed by atoms with Gasteiger partial charge in [-0.25, -0.2) is 0 Å². The van der Waals surface area contributed by atoms with E-state index in [1.54, 1.807) is 0 Å². The second-order valence-electron chi connectivity index (χ2n) is 2.39. The molecule has 0 bridgehead atoms. The first-order valence-electron chi connectivity index (χ1n) is 3.58. The first-order chi connectivity index (χ1) is 6.56. The number of alkyl halides is 2. The number of hydrogen-bond donors (Lipinski definition) is 1. The maximum atomic E-state index is 11.9. The van der Waals surface area contributed by atoms with Crippen LogP contribution in [-0.4, -0.2) is 11.7 Å². The molecular weight excluding hydrogens is 326 g/mol. The summed E-state index contributed by atoms with van der Waals surface area (Å²) in [6, 6.07) is 2.87. The third kappa shape index (κ3) is 2.65. The molecule has 0 radical (unpaired) electrons. The Kier molecular flexibility index (Phi) is 4.28. The van der Waals surface area contributed by atoms with Crippen LogP contribution in [0.5, 0.6) is 5.75 Å². The summed E-state index contributed by atoms with van der Waals surface area (Å²) in [4.78, 5) is 0. The quantitative estimate of drug-likeness (QED) is 0.920.